The van der Waals surface area contributed by atoms with Crippen molar-refractivity contribution in [1.29, 1.82) is 0 Å². The molecule has 0 radical (unpaired) electrons. The van der Waals surface area contributed by atoms with E-state index in [1.807, 2.05) is 6.92 Å². The lowest BCUT2D eigenvalue weighted by Gasteiger charge is -2.14. The fourth-order valence-corrected chi connectivity index (χ4v) is 3.97. The third kappa shape index (κ3) is 5.49. The molecule has 0 fully saturated rings. The molecule has 11 nitrogen and oxygen atoms in total. The molecule has 40 heavy (non-hydrogen) atoms. The fourth-order valence-electron chi connectivity index (χ4n) is 3.97. The number of carbonyl (C=O) groups is 1. The van der Waals surface area contributed by atoms with E-state index >= 15 is 4.39 Å². The predicted molar refractivity (Wildman–Crippen MR) is 143 cm³/mol. The maximum absolute atomic E-state index is 15.1. The first-order valence-corrected chi connectivity index (χ1v) is 12.1. The second-order valence-electron chi connectivity index (χ2n) is 8.75. The topological polar surface area (TPSA) is 136 Å². The number of anilines is 2. The molecule has 1 atom stereocenters. The van der Waals surface area contributed by atoms with E-state index in [0.29, 0.717) is 29.2 Å². The van der Waals surface area contributed by atoms with Crippen LogP contribution in [0.4, 0.5) is 20.3 Å². The van der Waals surface area contributed by atoms with Crippen LogP contribution in [-0.4, -0.2) is 50.6 Å². The van der Waals surface area contributed by atoms with Gasteiger partial charge in [0.25, 0.3) is 11.5 Å². The monoisotopic (exact) mass is 547 g/mol. The Morgan fingerprint density at radius 1 is 1.07 bits per heavy atom. The highest BCUT2D eigenvalue weighted by atomic mass is 19.1. The molecule has 5 aromatic rings. The van der Waals surface area contributed by atoms with Gasteiger partial charge < -0.3 is 20.1 Å². The minimum Gasteiger partial charge on any atom is -0.453 e. The van der Waals surface area contributed by atoms with Gasteiger partial charge in [0.15, 0.2) is 23.0 Å². The molecule has 0 aliphatic heterocycles. The van der Waals surface area contributed by atoms with Gasteiger partial charge in [0.1, 0.15) is 22.5 Å². The number of ether oxygens (including phenoxy) is 2. The molecule has 1 amide bonds. The lowest BCUT2D eigenvalue weighted by atomic mass is 10.2. The van der Waals surface area contributed by atoms with Crippen LogP contribution in [0, 0.1) is 11.6 Å². The van der Waals surface area contributed by atoms with Gasteiger partial charge in [-0.3, -0.25) is 14.7 Å². The first kappa shape index (κ1) is 26.4. The molecular formula is C27H23F2N7O4. The number of aromatic amines is 1. The van der Waals surface area contributed by atoms with Crippen molar-refractivity contribution in [2.45, 2.75) is 13.0 Å². The Morgan fingerprint density at radius 2 is 1.88 bits per heavy atom. The summed E-state index contributed by atoms with van der Waals surface area (Å²) in [4.78, 5) is 29.9. The van der Waals surface area contributed by atoms with Gasteiger partial charge in [-0.15, -0.1) is 0 Å². The van der Waals surface area contributed by atoms with Crippen LogP contribution in [0.1, 0.15) is 17.3 Å². The summed E-state index contributed by atoms with van der Waals surface area (Å²) in [6.45, 7) is 2.35. The first-order valence-electron chi connectivity index (χ1n) is 12.1. The van der Waals surface area contributed by atoms with Crippen molar-refractivity contribution < 1.29 is 23.0 Å². The van der Waals surface area contributed by atoms with Crippen molar-refractivity contribution in [3.05, 3.63) is 94.5 Å². The number of methoxy groups -OCH3 is 1. The molecule has 0 saturated carbocycles. The SMILES string of the molecule is COCC(C)Nc1n[nH]c2nccc(Oc3ccc(NC(=O)c4ccnn(-c5ccc(F)cc5)c4=O)cc3F)c12. The maximum Gasteiger partial charge on any atom is 0.284 e. The summed E-state index contributed by atoms with van der Waals surface area (Å²) in [5, 5.41) is 17.2. The number of amides is 1. The van der Waals surface area contributed by atoms with Gasteiger partial charge in [0.2, 0.25) is 0 Å². The van der Waals surface area contributed by atoms with E-state index < -0.39 is 23.1 Å². The second-order valence-corrected chi connectivity index (χ2v) is 8.75. The molecule has 2 aromatic carbocycles. The number of halogens is 2. The predicted octanol–water partition coefficient (Wildman–Crippen LogP) is 4.27. The van der Waals surface area contributed by atoms with Gasteiger partial charge in [-0.05, 0) is 49.4 Å². The van der Waals surface area contributed by atoms with Gasteiger partial charge in [0, 0.05) is 43.4 Å². The zero-order valence-electron chi connectivity index (χ0n) is 21.3. The fraction of sp³-hybridized carbons (Fsp3) is 0.148. The lowest BCUT2D eigenvalue weighted by molar-refractivity contribution is 0.102. The number of carbonyl (C=O) groups excluding carboxylic acids is 1. The number of benzene rings is 2. The Morgan fingerprint density at radius 3 is 2.62 bits per heavy atom. The van der Waals surface area contributed by atoms with Gasteiger partial charge in [-0.25, -0.2) is 13.8 Å². The summed E-state index contributed by atoms with van der Waals surface area (Å²) in [5.41, 5.74) is -0.140. The Kier molecular flexibility index (Phi) is 7.46. The summed E-state index contributed by atoms with van der Waals surface area (Å²) in [5.74, 6) is -1.34. The van der Waals surface area contributed by atoms with Crippen LogP contribution < -0.4 is 20.9 Å². The van der Waals surface area contributed by atoms with Crippen LogP contribution in [0.25, 0.3) is 16.7 Å². The zero-order chi connectivity index (χ0) is 28.2. The van der Waals surface area contributed by atoms with Crippen LogP contribution >= 0.6 is 0 Å². The van der Waals surface area contributed by atoms with E-state index in [-0.39, 0.29) is 28.7 Å². The van der Waals surface area contributed by atoms with Crippen molar-refractivity contribution in [1.82, 2.24) is 25.0 Å². The number of nitrogens with one attached hydrogen (secondary N) is 3. The number of H-pyrrole nitrogens is 1. The van der Waals surface area contributed by atoms with Crippen molar-refractivity contribution >= 4 is 28.4 Å². The van der Waals surface area contributed by atoms with Crippen molar-refractivity contribution in [2.24, 2.45) is 0 Å². The zero-order valence-corrected chi connectivity index (χ0v) is 21.3. The molecule has 0 spiro atoms. The Labute approximate surface area is 225 Å². The molecule has 13 heteroatoms. The summed E-state index contributed by atoms with van der Waals surface area (Å²) in [6.07, 6.45) is 2.76. The van der Waals surface area contributed by atoms with E-state index in [0.717, 1.165) is 10.7 Å². The number of rotatable bonds is 9. The number of aromatic nitrogens is 5. The van der Waals surface area contributed by atoms with Crippen LogP contribution in [0.2, 0.25) is 0 Å². The number of pyridine rings is 1. The molecule has 3 heterocycles. The number of hydrogen-bond acceptors (Lipinski definition) is 8. The quantitative estimate of drug-likeness (QED) is 0.249. The summed E-state index contributed by atoms with van der Waals surface area (Å²) >= 11 is 0. The van der Waals surface area contributed by atoms with Crippen molar-refractivity contribution in [3.63, 3.8) is 0 Å². The van der Waals surface area contributed by atoms with Crippen molar-refractivity contribution in [2.75, 3.05) is 24.4 Å². The van der Waals surface area contributed by atoms with Crippen LogP contribution in [0.3, 0.4) is 0 Å². The molecule has 0 aliphatic rings. The summed E-state index contributed by atoms with van der Waals surface area (Å²) in [6, 6.07) is 11.7. The normalized spacial score (nSPS) is 11.8. The molecule has 0 bridgehead atoms. The minimum absolute atomic E-state index is 0.0654. The lowest BCUT2D eigenvalue weighted by Crippen LogP contribution is -2.29. The average molecular weight is 548 g/mol. The number of hydrogen-bond donors (Lipinski definition) is 3. The molecule has 3 aromatic heterocycles. The Balaban J connectivity index is 1.35. The van der Waals surface area contributed by atoms with Crippen LogP contribution in [0.5, 0.6) is 11.5 Å². The first-order chi connectivity index (χ1) is 19.3. The minimum atomic E-state index is -0.772. The smallest absolute Gasteiger partial charge is 0.284 e. The van der Waals surface area contributed by atoms with E-state index in [1.54, 1.807) is 13.2 Å². The van der Waals surface area contributed by atoms with Crippen molar-refractivity contribution in [3.8, 4) is 17.2 Å². The molecule has 0 saturated heterocycles. The van der Waals surface area contributed by atoms with E-state index in [9.17, 15) is 14.0 Å². The van der Waals surface area contributed by atoms with E-state index in [2.05, 4.69) is 30.9 Å². The van der Waals surface area contributed by atoms with E-state index in [4.69, 9.17) is 9.47 Å². The molecule has 204 valence electrons. The van der Waals surface area contributed by atoms with Gasteiger partial charge in [-0.2, -0.15) is 14.9 Å². The average Bonchev–Trinajstić information content (AvgIpc) is 3.34. The van der Waals surface area contributed by atoms with Gasteiger partial charge in [0.05, 0.1) is 12.3 Å². The highest BCUT2D eigenvalue weighted by Crippen LogP contribution is 2.34. The third-order valence-corrected chi connectivity index (χ3v) is 5.79. The largest absolute Gasteiger partial charge is 0.453 e. The third-order valence-electron chi connectivity index (χ3n) is 5.79. The second kappa shape index (κ2) is 11.3. The molecule has 0 aliphatic carbocycles. The molecule has 3 N–H and O–H groups in total. The maximum atomic E-state index is 15.1. The number of nitrogens with zero attached hydrogens (tertiary/aromatic N) is 4. The van der Waals surface area contributed by atoms with Gasteiger partial charge in [-0.1, -0.05) is 0 Å². The molecular weight excluding hydrogens is 524 g/mol. The summed E-state index contributed by atoms with van der Waals surface area (Å²) < 4.78 is 40.3. The Hall–Kier alpha value is -5.17. The Bertz CT molecular complexity index is 1740. The van der Waals surface area contributed by atoms with Crippen LogP contribution in [-0.2, 0) is 4.74 Å². The van der Waals surface area contributed by atoms with Gasteiger partial charge >= 0.3 is 0 Å². The highest BCUT2D eigenvalue weighted by molar-refractivity contribution is 6.04. The molecule has 1 unspecified atom stereocenters. The standard InChI is InChI=1S/C27H23F2N7O4/c1-15(14-39-2)32-25-23-22(10-11-30-24(23)34-35-25)40-21-8-5-17(13-20(21)29)33-26(37)19-9-12-31-36(27(19)38)18-6-3-16(28)4-7-18/h3-13,15H,14H2,1-2H3,(H,33,37)(H2,30,32,34,35). The van der Waals surface area contributed by atoms with E-state index in [1.165, 1.54) is 54.9 Å². The van der Waals surface area contributed by atoms with Crippen LogP contribution in [0.15, 0.2) is 71.8 Å². The highest BCUT2D eigenvalue weighted by Gasteiger charge is 2.18. The summed E-state index contributed by atoms with van der Waals surface area (Å²) in [7, 11) is 1.59. The molecule has 5 rings (SSSR count). The number of fused-ring (bicyclic) bond motifs is 1.